The minimum Gasteiger partial charge on any atom is -0.276 e. The fraction of sp³-hybridized carbons (Fsp3) is 0.100. The summed E-state index contributed by atoms with van der Waals surface area (Å²) in [5.74, 6) is 0.00806. The zero-order valence-corrected chi connectivity index (χ0v) is 7.50. The van der Waals surface area contributed by atoms with Gasteiger partial charge in [0.05, 0.1) is 6.42 Å². The lowest BCUT2D eigenvalue weighted by atomic mass is 10.2. The summed E-state index contributed by atoms with van der Waals surface area (Å²) < 4.78 is 1.47. The van der Waals surface area contributed by atoms with E-state index in [1.54, 1.807) is 24.8 Å². The van der Waals surface area contributed by atoms with Gasteiger partial charge in [0.25, 0.3) is 0 Å². The third-order valence-corrected chi connectivity index (χ3v) is 1.90. The highest BCUT2D eigenvalue weighted by Gasteiger charge is 2.04. The fourth-order valence-electron chi connectivity index (χ4n) is 1.17. The average Bonchev–Trinajstić information content (AvgIpc) is 2.72. The number of hydrogen-bond acceptors (Lipinski definition) is 3. The maximum Gasteiger partial charge on any atom is 0.236 e. The molecule has 0 saturated heterocycles. The summed E-state index contributed by atoms with van der Waals surface area (Å²) in [5, 5.41) is 0. The molecule has 0 unspecified atom stereocenters. The van der Waals surface area contributed by atoms with Crippen LogP contribution in [0.15, 0.2) is 43.2 Å². The van der Waals surface area contributed by atoms with Crippen LogP contribution in [-0.4, -0.2) is 20.4 Å². The van der Waals surface area contributed by atoms with Crippen LogP contribution in [0.25, 0.3) is 0 Å². The monoisotopic (exact) mass is 187 g/mol. The summed E-state index contributed by atoms with van der Waals surface area (Å²) >= 11 is 0. The number of aromatic nitrogens is 3. The van der Waals surface area contributed by atoms with Crippen LogP contribution in [0.1, 0.15) is 10.4 Å². The number of imidazole rings is 1. The Bertz CT molecular complexity index is 408. The summed E-state index contributed by atoms with van der Waals surface area (Å²) in [6.45, 7) is 0. The zero-order valence-electron chi connectivity index (χ0n) is 7.50. The second-order valence-corrected chi connectivity index (χ2v) is 2.90. The van der Waals surface area contributed by atoms with Gasteiger partial charge >= 0.3 is 0 Å². The fourth-order valence-corrected chi connectivity index (χ4v) is 1.17. The van der Waals surface area contributed by atoms with E-state index in [4.69, 9.17) is 0 Å². The van der Waals surface area contributed by atoms with Crippen LogP contribution >= 0.6 is 0 Å². The molecule has 0 fully saturated rings. The molecule has 0 aromatic carbocycles. The van der Waals surface area contributed by atoms with E-state index in [-0.39, 0.29) is 5.91 Å². The lowest BCUT2D eigenvalue weighted by Crippen LogP contribution is -2.11. The Morgan fingerprint density at radius 3 is 2.64 bits per heavy atom. The van der Waals surface area contributed by atoms with Crippen LogP contribution in [0, 0.1) is 0 Å². The first-order valence-corrected chi connectivity index (χ1v) is 4.26. The quantitative estimate of drug-likeness (QED) is 0.708. The molecule has 0 amide bonds. The van der Waals surface area contributed by atoms with Gasteiger partial charge in [0.2, 0.25) is 5.91 Å². The van der Waals surface area contributed by atoms with Crippen molar-refractivity contribution < 1.29 is 4.79 Å². The summed E-state index contributed by atoms with van der Waals surface area (Å²) in [6, 6.07) is 3.66. The number of hydrogen-bond donors (Lipinski definition) is 0. The predicted molar refractivity (Wildman–Crippen MR) is 50.8 cm³/mol. The number of carbonyl (C=O) groups is 1. The van der Waals surface area contributed by atoms with E-state index in [1.165, 1.54) is 10.9 Å². The van der Waals surface area contributed by atoms with Crippen LogP contribution in [0.2, 0.25) is 0 Å². The molecule has 0 aliphatic heterocycles. The lowest BCUT2D eigenvalue weighted by Gasteiger charge is -2.00. The van der Waals surface area contributed by atoms with E-state index in [0.717, 1.165) is 5.56 Å². The molecule has 0 spiro atoms. The van der Waals surface area contributed by atoms with Crippen LogP contribution in [0.4, 0.5) is 0 Å². The van der Waals surface area contributed by atoms with Crippen molar-refractivity contribution in [3.05, 3.63) is 48.8 Å². The first-order valence-electron chi connectivity index (χ1n) is 4.26. The van der Waals surface area contributed by atoms with Gasteiger partial charge < -0.3 is 0 Å². The Balaban J connectivity index is 2.10. The van der Waals surface area contributed by atoms with E-state index in [0.29, 0.717) is 6.42 Å². The highest BCUT2D eigenvalue weighted by Crippen LogP contribution is 2.00. The predicted octanol–water partition coefficient (Wildman–Crippen LogP) is 1.16. The highest BCUT2D eigenvalue weighted by atomic mass is 16.2. The molecule has 0 N–H and O–H groups in total. The van der Waals surface area contributed by atoms with Gasteiger partial charge in [-0.3, -0.25) is 14.3 Å². The van der Waals surface area contributed by atoms with Gasteiger partial charge in [0.1, 0.15) is 6.33 Å². The molecule has 2 rings (SSSR count). The molecular weight excluding hydrogens is 178 g/mol. The van der Waals surface area contributed by atoms with Gasteiger partial charge in [0.15, 0.2) is 0 Å². The molecule has 0 saturated carbocycles. The number of carbonyl (C=O) groups excluding carboxylic acids is 1. The van der Waals surface area contributed by atoms with Gasteiger partial charge in [-0.1, -0.05) is 0 Å². The second-order valence-electron chi connectivity index (χ2n) is 2.90. The van der Waals surface area contributed by atoms with Crippen LogP contribution in [0.5, 0.6) is 0 Å². The number of nitrogens with zero attached hydrogens (tertiary/aromatic N) is 3. The minimum absolute atomic E-state index is 0.00806. The maximum atomic E-state index is 11.6. The molecule has 0 aliphatic rings. The molecule has 0 aliphatic carbocycles. The summed E-state index contributed by atoms with van der Waals surface area (Å²) in [6.07, 6.45) is 8.46. The van der Waals surface area contributed by atoms with Crippen molar-refractivity contribution in [1.29, 1.82) is 0 Å². The summed E-state index contributed by atoms with van der Waals surface area (Å²) in [5.41, 5.74) is 0.957. The number of rotatable bonds is 2. The SMILES string of the molecule is O=C(Cc1ccncc1)n1ccnc1. The number of pyridine rings is 1. The zero-order chi connectivity index (χ0) is 9.80. The molecule has 2 aromatic heterocycles. The van der Waals surface area contributed by atoms with Gasteiger partial charge in [-0.2, -0.15) is 0 Å². The summed E-state index contributed by atoms with van der Waals surface area (Å²) in [4.78, 5) is 19.3. The van der Waals surface area contributed by atoms with Crippen LogP contribution < -0.4 is 0 Å². The standard InChI is InChI=1S/C10H9N3O/c14-10(13-6-5-12-8-13)7-9-1-3-11-4-2-9/h1-6,8H,7H2. The molecule has 2 heterocycles. The Morgan fingerprint density at radius 1 is 1.21 bits per heavy atom. The second kappa shape index (κ2) is 3.83. The Kier molecular flexibility index (Phi) is 2.36. The van der Waals surface area contributed by atoms with E-state index >= 15 is 0 Å². The van der Waals surface area contributed by atoms with Crippen molar-refractivity contribution in [1.82, 2.24) is 14.5 Å². The highest BCUT2D eigenvalue weighted by molar-refractivity contribution is 5.80. The van der Waals surface area contributed by atoms with Gasteiger partial charge in [0, 0.05) is 24.8 Å². The Morgan fingerprint density at radius 2 is 2.00 bits per heavy atom. The molecule has 0 bridgehead atoms. The molecule has 4 nitrogen and oxygen atoms in total. The van der Waals surface area contributed by atoms with Gasteiger partial charge in [-0.05, 0) is 17.7 Å². The minimum atomic E-state index is 0.00806. The lowest BCUT2D eigenvalue weighted by molar-refractivity contribution is 0.0914. The first kappa shape index (κ1) is 8.62. The molecule has 0 radical (unpaired) electrons. The molecule has 2 aromatic rings. The van der Waals surface area contributed by atoms with Gasteiger partial charge in [-0.15, -0.1) is 0 Å². The third-order valence-electron chi connectivity index (χ3n) is 1.90. The van der Waals surface area contributed by atoms with E-state index in [1.807, 2.05) is 12.1 Å². The van der Waals surface area contributed by atoms with Crippen molar-refractivity contribution in [2.75, 3.05) is 0 Å². The van der Waals surface area contributed by atoms with Crippen molar-refractivity contribution in [2.24, 2.45) is 0 Å². The third kappa shape index (κ3) is 1.85. The molecule has 0 atom stereocenters. The van der Waals surface area contributed by atoms with E-state index in [9.17, 15) is 4.79 Å². The first-order chi connectivity index (χ1) is 6.86. The van der Waals surface area contributed by atoms with Gasteiger partial charge in [-0.25, -0.2) is 4.98 Å². The van der Waals surface area contributed by atoms with Crippen LogP contribution in [-0.2, 0) is 6.42 Å². The van der Waals surface area contributed by atoms with Crippen molar-refractivity contribution in [2.45, 2.75) is 6.42 Å². The average molecular weight is 187 g/mol. The van der Waals surface area contributed by atoms with Crippen molar-refractivity contribution >= 4 is 5.91 Å². The Labute approximate surface area is 81.2 Å². The van der Waals surface area contributed by atoms with Crippen molar-refractivity contribution in [3.8, 4) is 0 Å². The smallest absolute Gasteiger partial charge is 0.236 e. The largest absolute Gasteiger partial charge is 0.276 e. The van der Waals surface area contributed by atoms with E-state index < -0.39 is 0 Å². The maximum absolute atomic E-state index is 11.6. The molecule has 14 heavy (non-hydrogen) atoms. The van der Waals surface area contributed by atoms with Crippen molar-refractivity contribution in [3.63, 3.8) is 0 Å². The molecule has 4 heteroatoms. The van der Waals surface area contributed by atoms with E-state index in [2.05, 4.69) is 9.97 Å². The summed E-state index contributed by atoms with van der Waals surface area (Å²) in [7, 11) is 0. The molecular formula is C10H9N3O. The normalized spacial score (nSPS) is 10.0. The topological polar surface area (TPSA) is 47.8 Å². The van der Waals surface area contributed by atoms with Crippen LogP contribution in [0.3, 0.4) is 0 Å². The molecule has 70 valence electrons. The Hall–Kier alpha value is -1.97.